The highest BCUT2D eigenvalue weighted by molar-refractivity contribution is 7.99. The van der Waals surface area contributed by atoms with E-state index in [1.54, 1.807) is 0 Å². The van der Waals surface area contributed by atoms with Gasteiger partial charge >= 0.3 is 23.7 Å². The predicted octanol–water partition coefficient (Wildman–Crippen LogP) is 1.24. The number of thioether (sulfide) groups is 1. The molecule has 152 valence electrons. The molecular formula is C16H18N2O9S. The average molecular weight is 414 g/mol. The smallest absolute Gasteiger partial charge is 0.406 e. The molecule has 28 heavy (non-hydrogen) atoms. The molecule has 0 saturated carbocycles. The molecule has 12 heteroatoms. The van der Waals surface area contributed by atoms with E-state index in [2.05, 4.69) is 4.98 Å². The zero-order valence-corrected chi connectivity index (χ0v) is 16.0. The van der Waals surface area contributed by atoms with Crippen LogP contribution in [0.5, 0.6) is 5.75 Å². The minimum atomic E-state index is -1.18. The maximum atomic E-state index is 11.6. The number of esters is 3. The van der Waals surface area contributed by atoms with E-state index in [1.165, 1.54) is 25.3 Å². The van der Waals surface area contributed by atoms with Gasteiger partial charge in [-0.15, -0.1) is 11.8 Å². The topological polar surface area (TPSA) is 144 Å². The Bertz CT molecular complexity index is 772. The highest BCUT2D eigenvalue weighted by atomic mass is 32.2. The number of ether oxygens (including phenoxy) is 4. The summed E-state index contributed by atoms with van der Waals surface area (Å²) < 4.78 is 21.3. The molecule has 11 nitrogen and oxygen atoms in total. The maximum Gasteiger partial charge on any atom is 0.406 e. The first-order chi connectivity index (χ1) is 13.2. The lowest BCUT2D eigenvalue weighted by atomic mass is 10.1. The fourth-order valence-electron chi connectivity index (χ4n) is 2.55. The first kappa shape index (κ1) is 21.4. The third-order valence-electron chi connectivity index (χ3n) is 3.47. The number of hydrogen-bond donors (Lipinski definition) is 0. The summed E-state index contributed by atoms with van der Waals surface area (Å²) >= 11 is 1.09. The van der Waals surface area contributed by atoms with Crippen molar-refractivity contribution in [1.82, 2.24) is 4.98 Å². The van der Waals surface area contributed by atoms with Gasteiger partial charge in [0.1, 0.15) is 6.20 Å². The van der Waals surface area contributed by atoms with Crippen LogP contribution in [0, 0.1) is 10.1 Å². The number of nitrogens with zero attached hydrogens (tertiary/aromatic N) is 2. The summed E-state index contributed by atoms with van der Waals surface area (Å²) in [7, 11) is 0. The molecule has 4 atom stereocenters. The Hall–Kier alpha value is -2.89. The summed E-state index contributed by atoms with van der Waals surface area (Å²) in [6.07, 6.45) is -1.97. The molecule has 0 N–H and O–H groups in total. The first-order valence-corrected chi connectivity index (χ1v) is 9.13. The van der Waals surface area contributed by atoms with Gasteiger partial charge in [-0.05, 0) is 22.0 Å². The van der Waals surface area contributed by atoms with Gasteiger partial charge in [-0.3, -0.25) is 14.4 Å². The molecule has 0 unspecified atom stereocenters. The Labute approximate surface area is 163 Å². The number of nitro groups is 1. The van der Waals surface area contributed by atoms with Crippen LogP contribution >= 0.6 is 11.8 Å². The number of hydrogen-bond acceptors (Lipinski definition) is 11. The van der Waals surface area contributed by atoms with E-state index in [9.17, 15) is 24.5 Å². The third kappa shape index (κ3) is 5.55. The minimum absolute atomic E-state index is 0.144. The number of rotatable bonds is 6. The van der Waals surface area contributed by atoms with Crippen molar-refractivity contribution >= 4 is 35.5 Å². The largest absolute Gasteiger partial charge is 0.467 e. The van der Waals surface area contributed by atoms with Crippen molar-refractivity contribution in [2.75, 3.05) is 5.75 Å². The van der Waals surface area contributed by atoms with Crippen LogP contribution in [0.25, 0.3) is 0 Å². The van der Waals surface area contributed by atoms with Crippen molar-refractivity contribution in [3.05, 3.63) is 28.4 Å². The summed E-state index contributed by atoms with van der Waals surface area (Å²) in [6.45, 7) is 3.49. The quantitative estimate of drug-likeness (QED) is 0.287. The van der Waals surface area contributed by atoms with E-state index in [0.717, 1.165) is 25.6 Å². The van der Waals surface area contributed by atoms with Gasteiger partial charge in [0.15, 0.2) is 23.7 Å². The standard InChI is InChI=1S/C16H18N2O9S/c1-8(19)24-12-7-28-16(14(26-10(3)21)13(12)25-9(2)20)27-11-5-4-6-17-15(11)18(22)23/h4-6,12-14,16H,7H2,1-3H3/t12-,13+,14-,16+/m1/s1. The number of aromatic nitrogens is 1. The number of carbonyl (C=O) groups excluding carboxylic acids is 3. The minimum Gasteiger partial charge on any atom is -0.467 e. The van der Waals surface area contributed by atoms with Gasteiger partial charge in [-0.25, -0.2) is 0 Å². The van der Waals surface area contributed by atoms with Crippen molar-refractivity contribution in [3.63, 3.8) is 0 Å². The molecule has 1 aromatic heterocycles. The molecule has 2 rings (SSSR count). The zero-order chi connectivity index (χ0) is 20.8. The van der Waals surface area contributed by atoms with Crippen LogP contribution in [-0.4, -0.2) is 57.3 Å². The summed E-state index contributed by atoms with van der Waals surface area (Å²) in [5.41, 5.74) is -0.969. The van der Waals surface area contributed by atoms with Crippen LogP contribution in [-0.2, 0) is 28.6 Å². The molecule has 2 heterocycles. The van der Waals surface area contributed by atoms with Crippen LogP contribution in [0.15, 0.2) is 18.3 Å². The summed E-state index contributed by atoms with van der Waals surface area (Å²) in [5, 5.41) is 11.1. The summed E-state index contributed by atoms with van der Waals surface area (Å²) in [5.74, 6) is -2.50. The van der Waals surface area contributed by atoms with Crippen molar-refractivity contribution < 1.29 is 38.3 Å². The van der Waals surface area contributed by atoms with Gasteiger partial charge in [-0.2, -0.15) is 0 Å². The second kappa shape index (κ2) is 9.35. The fraction of sp³-hybridized carbons (Fsp3) is 0.500. The molecule has 1 fully saturated rings. The molecule has 0 radical (unpaired) electrons. The van der Waals surface area contributed by atoms with Gasteiger partial charge in [0.25, 0.3) is 0 Å². The van der Waals surface area contributed by atoms with Crippen LogP contribution < -0.4 is 4.74 Å². The highest BCUT2D eigenvalue weighted by Gasteiger charge is 2.48. The normalized spacial score (nSPS) is 24.0. The number of carbonyl (C=O) groups is 3. The molecule has 0 aliphatic carbocycles. The van der Waals surface area contributed by atoms with Crippen molar-refractivity contribution in [3.8, 4) is 5.75 Å². The SMILES string of the molecule is CC(=O)O[C@@H]1[C@@H](OC(C)=O)[C@@H](Oc2cccnc2[N+](=O)[O-])SC[C@H]1OC(C)=O. The Morgan fingerprint density at radius 3 is 2.29 bits per heavy atom. The van der Waals surface area contributed by atoms with Gasteiger partial charge in [-0.1, -0.05) is 0 Å². The maximum absolute atomic E-state index is 11.6. The van der Waals surface area contributed by atoms with E-state index in [0.29, 0.717) is 0 Å². The van der Waals surface area contributed by atoms with E-state index >= 15 is 0 Å². The third-order valence-corrected chi connectivity index (χ3v) is 4.69. The lowest BCUT2D eigenvalue weighted by Crippen LogP contribution is -2.55. The Morgan fingerprint density at radius 2 is 1.71 bits per heavy atom. The second-order valence-corrected chi connectivity index (χ2v) is 6.83. The molecule has 0 bridgehead atoms. The van der Waals surface area contributed by atoms with Crippen LogP contribution in [0.3, 0.4) is 0 Å². The predicted molar refractivity (Wildman–Crippen MR) is 94.4 cm³/mol. The molecule has 0 aromatic carbocycles. The average Bonchev–Trinajstić information content (AvgIpc) is 2.59. The van der Waals surface area contributed by atoms with Crippen LogP contribution in [0.4, 0.5) is 5.82 Å². The monoisotopic (exact) mass is 414 g/mol. The molecule has 0 spiro atoms. The van der Waals surface area contributed by atoms with E-state index in [1.807, 2.05) is 0 Å². The van der Waals surface area contributed by atoms with Crippen molar-refractivity contribution in [1.29, 1.82) is 0 Å². The van der Waals surface area contributed by atoms with Crippen molar-refractivity contribution in [2.45, 2.75) is 44.5 Å². The molecule has 1 saturated heterocycles. The number of pyridine rings is 1. The molecule has 1 aliphatic rings. The Morgan fingerprint density at radius 1 is 1.11 bits per heavy atom. The van der Waals surface area contributed by atoms with E-state index in [4.69, 9.17) is 18.9 Å². The van der Waals surface area contributed by atoms with Crippen LogP contribution in [0.1, 0.15) is 20.8 Å². The highest BCUT2D eigenvalue weighted by Crippen LogP contribution is 2.36. The molecule has 0 amide bonds. The van der Waals surface area contributed by atoms with E-state index < -0.39 is 52.4 Å². The lowest BCUT2D eigenvalue weighted by Gasteiger charge is -2.39. The van der Waals surface area contributed by atoms with Gasteiger partial charge in [0.2, 0.25) is 5.75 Å². The van der Waals surface area contributed by atoms with Gasteiger partial charge in [0, 0.05) is 26.5 Å². The second-order valence-electron chi connectivity index (χ2n) is 5.70. The zero-order valence-electron chi connectivity index (χ0n) is 15.2. The van der Waals surface area contributed by atoms with E-state index in [-0.39, 0.29) is 11.5 Å². The fourth-order valence-corrected chi connectivity index (χ4v) is 3.76. The summed E-state index contributed by atoms with van der Waals surface area (Å²) in [4.78, 5) is 48.6. The van der Waals surface area contributed by atoms with Gasteiger partial charge in [0.05, 0.1) is 0 Å². The first-order valence-electron chi connectivity index (χ1n) is 8.08. The molecular weight excluding hydrogens is 396 g/mol. The Balaban J connectivity index is 2.34. The molecule has 1 aliphatic heterocycles. The van der Waals surface area contributed by atoms with Crippen molar-refractivity contribution in [2.24, 2.45) is 0 Å². The van der Waals surface area contributed by atoms with Crippen LogP contribution in [0.2, 0.25) is 0 Å². The Kier molecular flexibility index (Phi) is 7.15. The summed E-state index contributed by atoms with van der Waals surface area (Å²) in [6, 6.07) is 2.79. The lowest BCUT2D eigenvalue weighted by molar-refractivity contribution is -0.390. The van der Waals surface area contributed by atoms with Gasteiger partial charge < -0.3 is 29.1 Å². The molecule has 1 aromatic rings.